The van der Waals surface area contributed by atoms with Crippen LogP contribution in [0.3, 0.4) is 0 Å². The number of hydrogen-bond acceptors (Lipinski definition) is 5. The number of amides is 1. The maximum Gasteiger partial charge on any atom is 0.251 e. The van der Waals surface area contributed by atoms with Crippen LogP contribution in [0, 0.1) is 5.21 Å². The summed E-state index contributed by atoms with van der Waals surface area (Å²) in [7, 11) is 0. The molecule has 0 unspecified atom stereocenters. The molecule has 3 heterocycles. The molecular weight excluding hydrogens is 378 g/mol. The Kier molecular flexibility index (Phi) is 5.31. The second-order valence-corrected chi connectivity index (χ2v) is 8.26. The van der Waals surface area contributed by atoms with Crippen LogP contribution in [0.25, 0.3) is 0 Å². The van der Waals surface area contributed by atoms with Gasteiger partial charge in [0.05, 0.1) is 17.1 Å². The van der Waals surface area contributed by atoms with Crippen molar-refractivity contribution in [3.8, 4) is 0 Å². The van der Waals surface area contributed by atoms with Crippen molar-refractivity contribution in [2.75, 3.05) is 22.5 Å². The van der Waals surface area contributed by atoms with E-state index in [2.05, 4.69) is 21.7 Å². The first-order valence-corrected chi connectivity index (χ1v) is 10.6. The van der Waals surface area contributed by atoms with E-state index in [9.17, 15) is 10.0 Å². The van der Waals surface area contributed by atoms with E-state index in [1.165, 1.54) is 28.4 Å². The number of anilines is 2. The molecular formula is C20H19N3O2S2. The van der Waals surface area contributed by atoms with Crippen molar-refractivity contribution in [3.63, 3.8) is 0 Å². The van der Waals surface area contributed by atoms with Crippen LogP contribution in [0.1, 0.15) is 10.4 Å². The second-order valence-electron chi connectivity index (χ2n) is 6.26. The van der Waals surface area contributed by atoms with Crippen LogP contribution in [0.15, 0.2) is 65.1 Å². The normalized spacial score (nSPS) is 13.3. The molecule has 1 aliphatic heterocycles. The Bertz CT molecular complexity index is 958. The van der Waals surface area contributed by atoms with E-state index in [1.54, 1.807) is 18.2 Å². The zero-order chi connectivity index (χ0) is 18.6. The highest BCUT2D eigenvalue weighted by molar-refractivity contribution is 7.99. The summed E-state index contributed by atoms with van der Waals surface area (Å²) in [5.41, 5.74) is 3.21. The highest BCUT2D eigenvalue weighted by Gasteiger charge is 2.20. The Labute approximate surface area is 166 Å². The number of nitrogens with zero attached hydrogens (tertiary/aromatic N) is 2. The summed E-state index contributed by atoms with van der Waals surface area (Å²) in [5, 5.41) is 17.4. The number of pyridine rings is 1. The molecule has 5 nitrogen and oxygen atoms in total. The molecule has 0 aliphatic carbocycles. The fourth-order valence-corrected chi connectivity index (χ4v) is 4.76. The van der Waals surface area contributed by atoms with E-state index in [0.717, 1.165) is 35.6 Å². The average Bonchev–Trinajstić information content (AvgIpc) is 3.15. The fraction of sp³-hybridized carbons (Fsp3) is 0.200. The van der Waals surface area contributed by atoms with Crippen LogP contribution >= 0.6 is 23.1 Å². The van der Waals surface area contributed by atoms with Gasteiger partial charge in [-0.3, -0.25) is 4.79 Å². The van der Waals surface area contributed by atoms with Crippen molar-refractivity contribution >= 4 is 40.4 Å². The van der Waals surface area contributed by atoms with Gasteiger partial charge in [0.1, 0.15) is 0 Å². The molecule has 1 amide bonds. The van der Waals surface area contributed by atoms with Gasteiger partial charge in [0.15, 0.2) is 6.20 Å². The summed E-state index contributed by atoms with van der Waals surface area (Å²) in [6.45, 7) is 1.80. The van der Waals surface area contributed by atoms with E-state index in [4.69, 9.17) is 0 Å². The number of nitrogens with one attached hydrogen (secondary N) is 1. The van der Waals surface area contributed by atoms with Crippen molar-refractivity contribution < 1.29 is 9.52 Å². The smallest absolute Gasteiger partial charge is 0.251 e. The minimum atomic E-state index is -0.121. The van der Waals surface area contributed by atoms with Crippen molar-refractivity contribution in [2.24, 2.45) is 0 Å². The Morgan fingerprint density at radius 2 is 2.07 bits per heavy atom. The average molecular weight is 398 g/mol. The van der Waals surface area contributed by atoms with Crippen LogP contribution in [0.5, 0.6) is 0 Å². The van der Waals surface area contributed by atoms with Crippen LogP contribution in [0.2, 0.25) is 0 Å². The molecule has 27 heavy (non-hydrogen) atoms. The summed E-state index contributed by atoms with van der Waals surface area (Å²) >= 11 is 3.05. The van der Waals surface area contributed by atoms with Crippen LogP contribution in [-0.2, 0) is 17.8 Å². The van der Waals surface area contributed by atoms with Crippen LogP contribution in [0.4, 0.5) is 11.4 Å². The first-order valence-electron chi connectivity index (χ1n) is 8.71. The van der Waals surface area contributed by atoms with Crippen LogP contribution < -0.4 is 14.9 Å². The van der Waals surface area contributed by atoms with Gasteiger partial charge in [-0.2, -0.15) is 4.73 Å². The lowest BCUT2D eigenvalue weighted by Crippen LogP contribution is -2.30. The minimum absolute atomic E-state index is 0.121. The lowest BCUT2D eigenvalue weighted by Gasteiger charge is -2.30. The standard InChI is InChI=1S/C20H19N3O2S2/c24-19(14-27-20-7-3-4-10-23(20)25)21-16-5-1-2-6-17(16)22-11-8-18-15(13-22)9-12-26-18/h1-7,9-10,12H,8,11,13-14H2,(H,21,24). The van der Waals surface area contributed by atoms with Gasteiger partial charge < -0.3 is 15.4 Å². The van der Waals surface area contributed by atoms with E-state index in [1.807, 2.05) is 35.6 Å². The molecule has 0 radical (unpaired) electrons. The molecule has 0 atom stereocenters. The first-order chi connectivity index (χ1) is 13.2. The SMILES string of the molecule is O=C(CSc1cccc[n+]1[O-])Nc1ccccc1N1CCc2sccc2C1. The summed E-state index contributed by atoms with van der Waals surface area (Å²) in [5.74, 6) is 0.0689. The molecule has 138 valence electrons. The van der Waals surface area contributed by atoms with Gasteiger partial charge in [0.2, 0.25) is 5.91 Å². The number of benzene rings is 1. The molecule has 1 aromatic carbocycles. The number of carbonyl (C=O) groups is 1. The first kappa shape index (κ1) is 17.9. The molecule has 0 saturated carbocycles. The Hall–Kier alpha value is -2.51. The maximum atomic E-state index is 12.4. The zero-order valence-electron chi connectivity index (χ0n) is 14.6. The lowest BCUT2D eigenvalue weighted by atomic mass is 10.1. The van der Waals surface area contributed by atoms with Gasteiger partial charge in [-0.25, -0.2) is 0 Å². The van der Waals surface area contributed by atoms with Gasteiger partial charge in [0.25, 0.3) is 5.03 Å². The Balaban J connectivity index is 1.44. The predicted octanol–water partition coefficient (Wildman–Crippen LogP) is 3.68. The van der Waals surface area contributed by atoms with E-state index < -0.39 is 0 Å². The third-order valence-electron chi connectivity index (χ3n) is 4.47. The van der Waals surface area contributed by atoms with E-state index >= 15 is 0 Å². The van der Waals surface area contributed by atoms with Crippen molar-refractivity contribution in [1.29, 1.82) is 0 Å². The third-order valence-corrected chi connectivity index (χ3v) is 6.51. The number of para-hydroxylation sites is 2. The molecule has 1 aliphatic rings. The highest BCUT2D eigenvalue weighted by Crippen LogP contribution is 2.32. The highest BCUT2D eigenvalue weighted by atomic mass is 32.2. The quantitative estimate of drug-likeness (QED) is 0.405. The second kappa shape index (κ2) is 8.02. The molecule has 3 aromatic rings. The summed E-state index contributed by atoms with van der Waals surface area (Å²) in [6.07, 6.45) is 2.47. The molecule has 0 fully saturated rings. The van der Waals surface area contributed by atoms with Crippen molar-refractivity contribution in [2.45, 2.75) is 18.0 Å². The number of carbonyl (C=O) groups excluding carboxylic acids is 1. The zero-order valence-corrected chi connectivity index (χ0v) is 16.3. The molecule has 1 N–H and O–H groups in total. The van der Waals surface area contributed by atoms with Gasteiger partial charge in [0, 0.05) is 30.1 Å². The summed E-state index contributed by atoms with van der Waals surface area (Å²) in [6, 6.07) is 15.2. The summed E-state index contributed by atoms with van der Waals surface area (Å²) in [4.78, 5) is 16.2. The number of rotatable bonds is 5. The molecule has 4 rings (SSSR count). The number of hydrogen-bond donors (Lipinski definition) is 1. The molecule has 0 bridgehead atoms. The Morgan fingerprint density at radius 1 is 1.22 bits per heavy atom. The number of aromatic nitrogens is 1. The number of fused-ring (bicyclic) bond motifs is 1. The van der Waals surface area contributed by atoms with Crippen LogP contribution in [-0.4, -0.2) is 18.2 Å². The predicted molar refractivity (Wildman–Crippen MR) is 110 cm³/mol. The lowest BCUT2D eigenvalue weighted by molar-refractivity contribution is -0.645. The van der Waals surface area contributed by atoms with Gasteiger partial charge in [-0.1, -0.05) is 12.1 Å². The Morgan fingerprint density at radius 3 is 2.96 bits per heavy atom. The van der Waals surface area contributed by atoms with E-state index in [-0.39, 0.29) is 11.7 Å². The van der Waals surface area contributed by atoms with Gasteiger partial charge in [-0.15, -0.1) is 11.3 Å². The van der Waals surface area contributed by atoms with Crippen molar-refractivity contribution in [1.82, 2.24) is 0 Å². The summed E-state index contributed by atoms with van der Waals surface area (Å²) < 4.78 is 0.776. The molecule has 2 aromatic heterocycles. The maximum absolute atomic E-state index is 12.4. The molecule has 7 heteroatoms. The minimum Gasteiger partial charge on any atom is -0.618 e. The number of thiophene rings is 1. The van der Waals surface area contributed by atoms with Gasteiger partial charge >= 0.3 is 0 Å². The largest absolute Gasteiger partial charge is 0.618 e. The topological polar surface area (TPSA) is 59.3 Å². The third kappa shape index (κ3) is 4.09. The molecule has 0 spiro atoms. The van der Waals surface area contributed by atoms with Gasteiger partial charge in [-0.05, 0) is 53.4 Å². The van der Waals surface area contributed by atoms with E-state index in [0.29, 0.717) is 5.03 Å². The van der Waals surface area contributed by atoms with Crippen molar-refractivity contribution in [3.05, 3.63) is 75.8 Å². The number of thioether (sulfide) groups is 1. The monoisotopic (exact) mass is 397 g/mol. The molecule has 0 saturated heterocycles. The fourth-order valence-electron chi connectivity index (χ4n) is 3.16.